The Morgan fingerprint density at radius 1 is 0.971 bits per heavy atom. The van der Waals surface area contributed by atoms with Crippen molar-refractivity contribution >= 4 is 5.97 Å². The summed E-state index contributed by atoms with van der Waals surface area (Å²) in [6, 6.07) is 7.85. The highest BCUT2D eigenvalue weighted by Gasteiger charge is 2.22. The van der Waals surface area contributed by atoms with Gasteiger partial charge in [-0.1, -0.05) is 43.5 Å². The Labute approximate surface area is 211 Å². The van der Waals surface area contributed by atoms with Crippen LogP contribution >= 0.6 is 0 Å². The Bertz CT molecular complexity index is 875. The molecule has 0 spiro atoms. The molecule has 2 aromatic rings. The number of carbonyl (C=O) groups is 1. The second kappa shape index (κ2) is 14.3. The number of hydrogen-bond acceptors (Lipinski definition) is 6. The fraction of sp³-hybridized carbons (Fsp3) is 0.679. The van der Waals surface area contributed by atoms with E-state index in [1.807, 2.05) is 35.1 Å². The maximum absolute atomic E-state index is 12.3. The molecule has 0 N–H and O–H groups in total. The van der Waals surface area contributed by atoms with Gasteiger partial charge in [-0.25, -0.2) is 0 Å². The molecule has 0 saturated heterocycles. The predicted molar refractivity (Wildman–Crippen MR) is 139 cm³/mol. The third-order valence-corrected chi connectivity index (χ3v) is 6.34. The van der Waals surface area contributed by atoms with Crippen molar-refractivity contribution in [2.45, 2.75) is 110 Å². The summed E-state index contributed by atoms with van der Waals surface area (Å²) in [6.45, 7) is 11.8. The van der Waals surface area contributed by atoms with E-state index in [0.717, 1.165) is 25.0 Å². The first-order chi connectivity index (χ1) is 16.6. The number of hydrogen-bond donors (Lipinski definition) is 0. The third-order valence-electron chi connectivity index (χ3n) is 6.34. The molecule has 0 aliphatic heterocycles. The van der Waals surface area contributed by atoms with E-state index < -0.39 is 0 Å². The largest absolute Gasteiger partial charge is 0.427 e. The van der Waals surface area contributed by atoms with E-state index in [-0.39, 0.29) is 23.6 Å². The molecule has 7 nitrogen and oxygen atoms in total. The van der Waals surface area contributed by atoms with Crippen LogP contribution in [0.5, 0.6) is 5.75 Å². The van der Waals surface area contributed by atoms with Crippen molar-refractivity contribution in [1.82, 2.24) is 15.0 Å². The Balaban J connectivity index is 1.69. The topological polar surface area (TPSA) is 75.5 Å². The van der Waals surface area contributed by atoms with Crippen molar-refractivity contribution < 1.29 is 19.0 Å². The number of carbonyl (C=O) groups excluding carboxylic acids is 1. The van der Waals surface area contributed by atoms with Gasteiger partial charge in [-0.15, -0.1) is 5.10 Å². The van der Waals surface area contributed by atoms with Crippen LogP contribution in [-0.2, 0) is 33.7 Å². The first-order valence-electron chi connectivity index (χ1n) is 13.0. The SMILES string of the molecule is CCCCCCc1ccc(OC(=O)CCc2cn(CCC(C)(C)OCCC(C)(C)OC)nn2)cc1. The van der Waals surface area contributed by atoms with Crippen LogP contribution in [0.3, 0.4) is 0 Å². The number of unbranched alkanes of at least 4 members (excludes halogenated alkanes) is 3. The molecular formula is C28H45N3O4. The molecule has 7 heteroatoms. The van der Waals surface area contributed by atoms with Gasteiger partial charge >= 0.3 is 5.97 Å². The molecule has 0 unspecified atom stereocenters. The summed E-state index contributed by atoms with van der Waals surface area (Å²) >= 11 is 0. The zero-order chi connectivity index (χ0) is 25.7. The monoisotopic (exact) mass is 487 g/mol. The summed E-state index contributed by atoms with van der Waals surface area (Å²) < 4.78 is 18.8. The van der Waals surface area contributed by atoms with Gasteiger partial charge in [0.1, 0.15) is 5.75 Å². The summed E-state index contributed by atoms with van der Waals surface area (Å²) in [7, 11) is 1.72. The van der Waals surface area contributed by atoms with Gasteiger partial charge in [0, 0.05) is 26.3 Å². The van der Waals surface area contributed by atoms with E-state index in [0.29, 0.717) is 25.3 Å². The summed E-state index contributed by atoms with van der Waals surface area (Å²) in [5.74, 6) is 0.329. The van der Waals surface area contributed by atoms with Crippen LogP contribution in [0.4, 0.5) is 0 Å². The molecule has 0 radical (unpaired) electrons. The maximum Gasteiger partial charge on any atom is 0.311 e. The summed E-state index contributed by atoms with van der Waals surface area (Å²) in [5, 5.41) is 8.40. The van der Waals surface area contributed by atoms with E-state index in [2.05, 4.69) is 44.9 Å². The zero-order valence-corrected chi connectivity index (χ0v) is 22.6. The minimum Gasteiger partial charge on any atom is -0.427 e. The molecule has 1 aromatic carbocycles. The van der Waals surface area contributed by atoms with Crippen molar-refractivity contribution in [2.75, 3.05) is 13.7 Å². The number of aryl methyl sites for hydroxylation is 3. The van der Waals surface area contributed by atoms with Crippen LogP contribution in [0, 0.1) is 0 Å². The van der Waals surface area contributed by atoms with Crippen molar-refractivity contribution in [3.05, 3.63) is 41.7 Å². The van der Waals surface area contributed by atoms with Crippen LogP contribution in [-0.4, -0.2) is 45.9 Å². The molecule has 0 atom stereocenters. The first kappa shape index (κ1) is 29.0. The van der Waals surface area contributed by atoms with E-state index in [9.17, 15) is 4.79 Å². The van der Waals surface area contributed by atoms with Crippen LogP contribution in [0.2, 0.25) is 0 Å². The van der Waals surface area contributed by atoms with E-state index in [1.165, 1.54) is 31.2 Å². The van der Waals surface area contributed by atoms with Gasteiger partial charge in [-0.05, 0) is 71.1 Å². The predicted octanol–water partition coefficient (Wildman–Crippen LogP) is 5.94. The lowest BCUT2D eigenvalue weighted by Gasteiger charge is -2.28. The number of aromatic nitrogens is 3. The van der Waals surface area contributed by atoms with Crippen LogP contribution < -0.4 is 4.74 Å². The van der Waals surface area contributed by atoms with Gasteiger partial charge in [0.05, 0.1) is 29.9 Å². The molecule has 0 aliphatic rings. The third kappa shape index (κ3) is 11.8. The Morgan fingerprint density at radius 2 is 1.71 bits per heavy atom. The second-order valence-electron chi connectivity index (χ2n) is 10.5. The van der Waals surface area contributed by atoms with Gasteiger partial charge < -0.3 is 14.2 Å². The van der Waals surface area contributed by atoms with Gasteiger partial charge in [-0.2, -0.15) is 0 Å². The number of esters is 1. The van der Waals surface area contributed by atoms with Crippen LogP contribution in [0.15, 0.2) is 30.5 Å². The maximum atomic E-state index is 12.3. The Hall–Kier alpha value is -2.25. The average Bonchev–Trinajstić information content (AvgIpc) is 3.28. The number of benzene rings is 1. The molecule has 0 fully saturated rings. The second-order valence-corrected chi connectivity index (χ2v) is 10.5. The van der Waals surface area contributed by atoms with Gasteiger partial charge in [-0.3, -0.25) is 9.48 Å². The number of nitrogens with zero attached hydrogens (tertiary/aromatic N) is 3. The highest BCUT2D eigenvalue weighted by atomic mass is 16.5. The molecule has 0 aliphatic carbocycles. The lowest BCUT2D eigenvalue weighted by atomic mass is 10.0. The molecule has 1 heterocycles. The first-order valence-corrected chi connectivity index (χ1v) is 13.0. The van der Waals surface area contributed by atoms with Crippen molar-refractivity contribution in [3.8, 4) is 5.75 Å². The average molecular weight is 488 g/mol. The number of methoxy groups -OCH3 is 1. The molecule has 2 rings (SSSR count). The molecule has 0 amide bonds. The highest BCUT2D eigenvalue weighted by molar-refractivity contribution is 5.72. The van der Waals surface area contributed by atoms with Crippen molar-refractivity contribution in [3.63, 3.8) is 0 Å². The summed E-state index contributed by atoms with van der Waals surface area (Å²) in [6.07, 6.45) is 10.4. The fourth-order valence-corrected chi connectivity index (χ4v) is 3.59. The van der Waals surface area contributed by atoms with E-state index in [1.54, 1.807) is 7.11 Å². The quantitative estimate of drug-likeness (QED) is 0.156. The smallest absolute Gasteiger partial charge is 0.311 e. The van der Waals surface area contributed by atoms with E-state index in [4.69, 9.17) is 14.2 Å². The number of ether oxygens (including phenoxy) is 3. The Morgan fingerprint density at radius 3 is 2.40 bits per heavy atom. The minimum absolute atomic E-state index is 0.185. The van der Waals surface area contributed by atoms with Gasteiger partial charge in [0.25, 0.3) is 0 Å². The fourth-order valence-electron chi connectivity index (χ4n) is 3.59. The lowest BCUT2D eigenvalue weighted by Crippen LogP contribution is -2.31. The Kier molecular flexibility index (Phi) is 11.9. The molecule has 0 saturated carbocycles. The molecule has 0 bridgehead atoms. The van der Waals surface area contributed by atoms with Gasteiger partial charge in [0.2, 0.25) is 0 Å². The number of rotatable bonds is 17. The summed E-state index contributed by atoms with van der Waals surface area (Å²) in [5.41, 5.74) is 1.61. The minimum atomic E-state index is -0.273. The normalized spacial score (nSPS) is 12.2. The van der Waals surface area contributed by atoms with Crippen molar-refractivity contribution in [2.24, 2.45) is 0 Å². The molecular weight excluding hydrogens is 442 g/mol. The molecule has 35 heavy (non-hydrogen) atoms. The van der Waals surface area contributed by atoms with Gasteiger partial charge in [0.15, 0.2) is 0 Å². The lowest BCUT2D eigenvalue weighted by molar-refractivity contribution is -0.134. The summed E-state index contributed by atoms with van der Waals surface area (Å²) in [4.78, 5) is 12.3. The zero-order valence-electron chi connectivity index (χ0n) is 22.6. The van der Waals surface area contributed by atoms with Crippen molar-refractivity contribution in [1.29, 1.82) is 0 Å². The molecule has 196 valence electrons. The van der Waals surface area contributed by atoms with Crippen LogP contribution in [0.25, 0.3) is 0 Å². The molecule has 1 aromatic heterocycles. The van der Waals surface area contributed by atoms with Crippen LogP contribution in [0.1, 0.15) is 90.8 Å². The standard InChI is InChI=1S/C28H45N3O4/c1-7-8-9-10-11-23-12-15-25(16-13-23)35-26(32)17-14-24-22-31(30-29-24)20-18-28(4,5)34-21-19-27(2,3)33-6/h12-13,15-16,22H,7-11,14,17-21H2,1-6H3. The van der Waals surface area contributed by atoms with E-state index >= 15 is 0 Å². The highest BCUT2D eigenvalue weighted by Crippen LogP contribution is 2.20.